The highest BCUT2D eigenvalue weighted by atomic mass is 16.3. The van der Waals surface area contributed by atoms with E-state index in [1.54, 1.807) is 0 Å². The molecule has 0 aromatic heterocycles. The smallest absolute Gasteiger partial charge is 0.120 e. The van der Waals surface area contributed by atoms with E-state index >= 15 is 0 Å². The van der Waals surface area contributed by atoms with E-state index < -0.39 is 12.2 Å². The zero-order chi connectivity index (χ0) is 16.8. The Bertz CT molecular complexity index is 460. The lowest BCUT2D eigenvalue weighted by molar-refractivity contribution is 0.0413. The number of allylic oxidation sites excluding steroid dienone is 2. The van der Waals surface area contributed by atoms with E-state index in [0.29, 0.717) is 11.8 Å². The lowest BCUT2D eigenvalue weighted by Crippen LogP contribution is -2.31. The SMILES string of the molecule is CCC#C[C@@H](O)[C@@H]1[C@H]2CC(CCCCCN(C)C)=C[C@H]2C[C@H]1O. The Kier molecular flexibility index (Phi) is 7.14. The van der Waals surface area contributed by atoms with Crippen molar-refractivity contribution in [1.29, 1.82) is 0 Å². The Morgan fingerprint density at radius 3 is 2.78 bits per heavy atom. The maximum Gasteiger partial charge on any atom is 0.120 e. The van der Waals surface area contributed by atoms with Gasteiger partial charge in [0.05, 0.1) is 6.10 Å². The van der Waals surface area contributed by atoms with Crippen molar-refractivity contribution in [2.24, 2.45) is 17.8 Å². The molecule has 2 N–H and O–H groups in total. The van der Waals surface area contributed by atoms with Crippen molar-refractivity contribution in [2.75, 3.05) is 20.6 Å². The molecule has 1 fully saturated rings. The van der Waals surface area contributed by atoms with E-state index in [9.17, 15) is 10.2 Å². The second-order valence-corrected chi connectivity index (χ2v) is 7.47. The number of hydrogen-bond donors (Lipinski definition) is 2. The van der Waals surface area contributed by atoms with Gasteiger partial charge < -0.3 is 15.1 Å². The molecule has 2 aliphatic rings. The van der Waals surface area contributed by atoms with Gasteiger partial charge in [-0.2, -0.15) is 0 Å². The fourth-order valence-corrected chi connectivity index (χ4v) is 4.22. The molecular formula is C20H33NO2. The number of rotatable bonds is 7. The van der Waals surface area contributed by atoms with Gasteiger partial charge in [0.1, 0.15) is 6.10 Å². The van der Waals surface area contributed by atoms with Crippen LogP contribution in [-0.4, -0.2) is 48.0 Å². The van der Waals surface area contributed by atoms with Crippen LogP contribution in [0, 0.1) is 29.6 Å². The standard InChI is InChI=1S/C20H33NO2/c1-4-5-10-18(22)20-17-13-15(12-16(17)14-19(20)23)9-7-6-8-11-21(2)3/h12,16-20,22-23H,4,6-9,11,13-14H2,1-3H3/t16-,17-,18+,19+,20-/m0/s1. The van der Waals surface area contributed by atoms with Crippen LogP contribution in [0.2, 0.25) is 0 Å². The molecular weight excluding hydrogens is 286 g/mol. The molecule has 0 saturated heterocycles. The van der Waals surface area contributed by atoms with E-state index in [1.165, 1.54) is 37.8 Å². The summed E-state index contributed by atoms with van der Waals surface area (Å²) >= 11 is 0. The van der Waals surface area contributed by atoms with Gasteiger partial charge in [-0.15, -0.1) is 5.92 Å². The third-order valence-corrected chi connectivity index (χ3v) is 5.34. The van der Waals surface area contributed by atoms with Crippen LogP contribution in [0.4, 0.5) is 0 Å². The molecule has 5 atom stereocenters. The van der Waals surface area contributed by atoms with Crippen molar-refractivity contribution in [3.8, 4) is 11.8 Å². The highest BCUT2D eigenvalue weighted by Crippen LogP contribution is 2.48. The lowest BCUT2D eigenvalue weighted by Gasteiger charge is -2.23. The topological polar surface area (TPSA) is 43.7 Å². The van der Waals surface area contributed by atoms with E-state index in [1.807, 2.05) is 6.92 Å². The zero-order valence-electron chi connectivity index (χ0n) is 15.0. The fourth-order valence-electron chi connectivity index (χ4n) is 4.22. The van der Waals surface area contributed by atoms with E-state index in [2.05, 4.69) is 36.9 Å². The Hall–Kier alpha value is -0.820. The molecule has 2 aliphatic carbocycles. The molecule has 0 heterocycles. The van der Waals surface area contributed by atoms with Gasteiger partial charge in [-0.3, -0.25) is 0 Å². The van der Waals surface area contributed by atoms with Crippen molar-refractivity contribution in [2.45, 2.75) is 64.1 Å². The molecule has 0 spiro atoms. The zero-order valence-corrected chi connectivity index (χ0v) is 15.0. The molecule has 23 heavy (non-hydrogen) atoms. The summed E-state index contributed by atoms with van der Waals surface area (Å²) in [5.41, 5.74) is 1.54. The predicted molar refractivity (Wildman–Crippen MR) is 94.9 cm³/mol. The van der Waals surface area contributed by atoms with Crippen molar-refractivity contribution in [3.63, 3.8) is 0 Å². The predicted octanol–water partition coefficient (Wildman–Crippen LogP) is 2.83. The first-order valence-electron chi connectivity index (χ1n) is 9.21. The Morgan fingerprint density at radius 1 is 1.30 bits per heavy atom. The Balaban J connectivity index is 1.80. The summed E-state index contributed by atoms with van der Waals surface area (Å²) in [6.07, 6.45) is 8.89. The summed E-state index contributed by atoms with van der Waals surface area (Å²) in [5.74, 6) is 6.65. The maximum atomic E-state index is 10.3. The second-order valence-electron chi connectivity index (χ2n) is 7.47. The van der Waals surface area contributed by atoms with Crippen LogP contribution in [-0.2, 0) is 0 Å². The quantitative estimate of drug-likeness (QED) is 0.431. The van der Waals surface area contributed by atoms with Crippen molar-refractivity contribution in [3.05, 3.63) is 11.6 Å². The van der Waals surface area contributed by atoms with Crippen LogP contribution in [0.15, 0.2) is 11.6 Å². The van der Waals surface area contributed by atoms with Crippen molar-refractivity contribution < 1.29 is 10.2 Å². The number of hydrogen-bond acceptors (Lipinski definition) is 3. The fraction of sp³-hybridized carbons (Fsp3) is 0.800. The van der Waals surface area contributed by atoms with Gasteiger partial charge in [0.2, 0.25) is 0 Å². The van der Waals surface area contributed by atoms with Crippen LogP contribution < -0.4 is 0 Å². The molecule has 0 bridgehead atoms. The molecule has 0 amide bonds. The van der Waals surface area contributed by atoms with Gasteiger partial charge in [0.25, 0.3) is 0 Å². The monoisotopic (exact) mass is 319 g/mol. The summed E-state index contributed by atoms with van der Waals surface area (Å²) in [4.78, 5) is 2.24. The lowest BCUT2D eigenvalue weighted by atomic mass is 9.85. The molecule has 130 valence electrons. The average molecular weight is 319 g/mol. The van der Waals surface area contributed by atoms with Crippen LogP contribution >= 0.6 is 0 Å². The largest absolute Gasteiger partial charge is 0.393 e. The van der Waals surface area contributed by atoms with Gasteiger partial charge >= 0.3 is 0 Å². The Morgan fingerprint density at radius 2 is 2.09 bits per heavy atom. The molecule has 3 nitrogen and oxygen atoms in total. The van der Waals surface area contributed by atoms with Crippen molar-refractivity contribution >= 4 is 0 Å². The minimum atomic E-state index is -0.673. The molecule has 0 aromatic rings. The summed E-state index contributed by atoms with van der Waals surface area (Å²) in [6.45, 7) is 3.15. The highest BCUT2D eigenvalue weighted by Gasteiger charge is 2.47. The normalized spacial score (nSPS) is 30.8. The third kappa shape index (κ3) is 5.08. The molecule has 3 heteroatoms. The highest BCUT2D eigenvalue weighted by molar-refractivity contribution is 5.21. The molecule has 2 rings (SSSR count). The first-order valence-corrected chi connectivity index (χ1v) is 9.21. The minimum absolute atomic E-state index is 0.0680. The number of nitrogens with zero attached hydrogens (tertiary/aromatic N) is 1. The summed E-state index contributed by atoms with van der Waals surface area (Å²) in [6, 6.07) is 0. The van der Waals surface area contributed by atoms with Crippen LogP contribution in [0.25, 0.3) is 0 Å². The second kappa shape index (κ2) is 8.87. The number of fused-ring (bicyclic) bond motifs is 1. The molecule has 0 radical (unpaired) electrons. The third-order valence-electron chi connectivity index (χ3n) is 5.34. The minimum Gasteiger partial charge on any atom is -0.393 e. The maximum absolute atomic E-state index is 10.3. The first-order chi connectivity index (χ1) is 11.0. The number of aliphatic hydroxyl groups is 2. The molecule has 0 aromatic carbocycles. The Labute approximate surface area is 141 Å². The number of unbranched alkanes of at least 4 members (excludes halogenated alkanes) is 2. The van der Waals surface area contributed by atoms with E-state index in [4.69, 9.17) is 0 Å². The van der Waals surface area contributed by atoms with Gasteiger partial charge in [-0.1, -0.05) is 30.9 Å². The molecule has 1 saturated carbocycles. The van der Waals surface area contributed by atoms with E-state index in [-0.39, 0.29) is 5.92 Å². The first kappa shape index (κ1) is 18.5. The van der Waals surface area contributed by atoms with Crippen molar-refractivity contribution in [1.82, 2.24) is 4.90 Å². The van der Waals surface area contributed by atoms with Crippen LogP contribution in [0.1, 0.15) is 51.9 Å². The molecule has 0 unspecified atom stereocenters. The average Bonchev–Trinajstić information content (AvgIpc) is 2.99. The van der Waals surface area contributed by atoms with E-state index in [0.717, 1.165) is 19.3 Å². The summed E-state index contributed by atoms with van der Waals surface area (Å²) < 4.78 is 0. The number of aliphatic hydroxyl groups excluding tert-OH is 2. The van der Waals surface area contributed by atoms with Crippen LogP contribution in [0.5, 0.6) is 0 Å². The van der Waals surface area contributed by atoms with Gasteiger partial charge in [0.15, 0.2) is 0 Å². The van der Waals surface area contributed by atoms with Gasteiger partial charge in [-0.05, 0) is 64.6 Å². The van der Waals surface area contributed by atoms with Gasteiger partial charge in [0, 0.05) is 12.3 Å². The summed E-state index contributed by atoms with van der Waals surface area (Å²) in [5, 5.41) is 20.6. The molecule has 0 aliphatic heterocycles. The van der Waals surface area contributed by atoms with Gasteiger partial charge in [-0.25, -0.2) is 0 Å². The summed E-state index contributed by atoms with van der Waals surface area (Å²) in [7, 11) is 4.25. The van der Waals surface area contributed by atoms with Crippen LogP contribution in [0.3, 0.4) is 0 Å².